The van der Waals surface area contributed by atoms with Crippen molar-refractivity contribution in [2.24, 2.45) is 5.41 Å². The van der Waals surface area contributed by atoms with Gasteiger partial charge in [0.25, 0.3) is 5.91 Å². The third kappa shape index (κ3) is 4.50. The van der Waals surface area contributed by atoms with E-state index < -0.39 is 17.3 Å². The minimum Gasteiger partial charge on any atom is -0.381 e. The number of nitrogens with two attached hydrogens (primary N) is 1. The monoisotopic (exact) mass is 267 g/mol. The highest BCUT2D eigenvalue weighted by atomic mass is 19.1. The third-order valence-corrected chi connectivity index (χ3v) is 2.58. The second-order valence-electron chi connectivity index (χ2n) is 6.63. The molecule has 0 bridgehead atoms. The zero-order valence-corrected chi connectivity index (χ0v) is 12.2. The lowest BCUT2D eigenvalue weighted by molar-refractivity contribution is 0.0887. The van der Waals surface area contributed by atoms with Crippen molar-refractivity contribution in [1.29, 1.82) is 0 Å². The van der Waals surface area contributed by atoms with Gasteiger partial charge >= 0.3 is 0 Å². The summed E-state index contributed by atoms with van der Waals surface area (Å²) in [6, 6.07) is 1.33. The van der Waals surface area contributed by atoms with Crippen molar-refractivity contribution in [2.45, 2.75) is 46.6 Å². The van der Waals surface area contributed by atoms with Crippen LogP contribution in [0, 0.1) is 11.2 Å². The van der Waals surface area contributed by atoms with Gasteiger partial charge in [-0.2, -0.15) is 0 Å². The highest BCUT2D eigenvalue weighted by molar-refractivity contribution is 5.95. The molecular weight excluding hydrogens is 245 g/mol. The van der Waals surface area contributed by atoms with Crippen LogP contribution in [-0.2, 0) is 0 Å². The molecule has 106 valence electrons. The number of aromatic nitrogens is 1. The first kappa shape index (κ1) is 15.4. The van der Waals surface area contributed by atoms with Crippen LogP contribution in [0.1, 0.15) is 51.4 Å². The van der Waals surface area contributed by atoms with Gasteiger partial charge in [-0.05, 0) is 31.7 Å². The van der Waals surface area contributed by atoms with E-state index >= 15 is 0 Å². The van der Waals surface area contributed by atoms with E-state index in [4.69, 9.17) is 5.73 Å². The van der Waals surface area contributed by atoms with Crippen molar-refractivity contribution in [3.05, 3.63) is 23.6 Å². The molecule has 1 heterocycles. The first-order valence-corrected chi connectivity index (χ1v) is 6.24. The van der Waals surface area contributed by atoms with Crippen LogP contribution in [0.25, 0.3) is 0 Å². The van der Waals surface area contributed by atoms with E-state index in [0.717, 1.165) is 6.42 Å². The molecule has 0 spiro atoms. The summed E-state index contributed by atoms with van der Waals surface area (Å²) in [7, 11) is 0. The number of pyridine rings is 1. The zero-order chi connectivity index (χ0) is 14.8. The third-order valence-electron chi connectivity index (χ3n) is 2.58. The van der Waals surface area contributed by atoms with Gasteiger partial charge < -0.3 is 11.1 Å². The summed E-state index contributed by atoms with van der Waals surface area (Å²) in [5.74, 6) is -1.51. The first-order chi connectivity index (χ1) is 8.52. The van der Waals surface area contributed by atoms with Gasteiger partial charge in [0.2, 0.25) is 0 Å². The predicted molar refractivity (Wildman–Crippen MR) is 74.2 cm³/mol. The van der Waals surface area contributed by atoms with Crippen LogP contribution in [0.2, 0.25) is 0 Å². The van der Waals surface area contributed by atoms with E-state index in [2.05, 4.69) is 31.1 Å². The van der Waals surface area contributed by atoms with Gasteiger partial charge in [-0.1, -0.05) is 20.8 Å². The fourth-order valence-corrected chi connectivity index (χ4v) is 2.38. The maximum absolute atomic E-state index is 13.7. The lowest BCUT2D eigenvalue weighted by atomic mass is 9.81. The van der Waals surface area contributed by atoms with E-state index in [1.165, 1.54) is 12.3 Å². The van der Waals surface area contributed by atoms with Crippen LogP contribution in [0.4, 0.5) is 10.2 Å². The second kappa shape index (κ2) is 5.15. The van der Waals surface area contributed by atoms with Crippen LogP contribution in [0.3, 0.4) is 0 Å². The minimum absolute atomic E-state index is 0.0621. The maximum atomic E-state index is 13.7. The van der Waals surface area contributed by atoms with Gasteiger partial charge in [0.15, 0.2) is 11.6 Å². The van der Waals surface area contributed by atoms with Gasteiger partial charge in [-0.3, -0.25) is 4.79 Å². The number of nitrogen functional groups attached to an aromatic ring is 1. The number of anilines is 1. The molecule has 1 aromatic heterocycles. The van der Waals surface area contributed by atoms with Gasteiger partial charge in [0.1, 0.15) is 0 Å². The van der Waals surface area contributed by atoms with Gasteiger partial charge in [-0.15, -0.1) is 0 Å². The normalized spacial score (nSPS) is 12.3. The fraction of sp³-hybridized carbons (Fsp3) is 0.571. The number of nitrogens with zero attached hydrogens (tertiary/aromatic N) is 1. The Bertz CT molecular complexity index is 478. The van der Waals surface area contributed by atoms with Crippen LogP contribution in [0.5, 0.6) is 0 Å². The van der Waals surface area contributed by atoms with Gasteiger partial charge in [-0.25, -0.2) is 9.37 Å². The first-order valence-electron chi connectivity index (χ1n) is 6.24. The topological polar surface area (TPSA) is 68.0 Å². The number of hydrogen-bond acceptors (Lipinski definition) is 3. The van der Waals surface area contributed by atoms with Crippen molar-refractivity contribution in [3.8, 4) is 0 Å². The molecule has 1 amide bonds. The van der Waals surface area contributed by atoms with Crippen LogP contribution in [0.15, 0.2) is 12.3 Å². The van der Waals surface area contributed by atoms with E-state index in [0.29, 0.717) is 0 Å². The molecular formula is C14H22FN3O. The maximum Gasteiger partial charge on any atom is 0.254 e. The highest BCUT2D eigenvalue weighted by Gasteiger charge is 2.28. The quantitative estimate of drug-likeness (QED) is 0.884. The SMILES string of the molecule is CC(C)(C)CC(C)(C)NC(=O)c1ccnc(N)c1F. The van der Waals surface area contributed by atoms with Crippen molar-refractivity contribution in [2.75, 3.05) is 5.73 Å². The van der Waals surface area contributed by atoms with E-state index in [-0.39, 0.29) is 16.8 Å². The molecule has 4 nitrogen and oxygen atoms in total. The number of carbonyl (C=O) groups excluding carboxylic acids is 1. The Hall–Kier alpha value is -1.65. The molecule has 1 aromatic rings. The van der Waals surface area contributed by atoms with E-state index in [1.54, 1.807) is 0 Å². The molecule has 1 rings (SSSR count). The molecule has 5 heteroatoms. The standard InChI is InChI=1S/C14H22FN3O/c1-13(2,3)8-14(4,5)18-12(19)9-6-7-17-11(16)10(9)15/h6-7H,8H2,1-5H3,(H2,16,17)(H,18,19). The predicted octanol–water partition coefficient (Wildman–Crippen LogP) is 2.75. The number of halogens is 1. The summed E-state index contributed by atoms with van der Waals surface area (Å²) in [5.41, 5.74) is 4.91. The number of carbonyl (C=O) groups is 1. The fourth-order valence-electron chi connectivity index (χ4n) is 2.38. The Balaban J connectivity index is 2.88. The molecule has 0 unspecified atom stereocenters. The molecule has 0 saturated heterocycles. The Morgan fingerprint density at radius 3 is 2.47 bits per heavy atom. The minimum atomic E-state index is -0.772. The van der Waals surface area contributed by atoms with Crippen LogP contribution >= 0.6 is 0 Å². The number of rotatable bonds is 3. The molecule has 0 fully saturated rings. The molecule has 3 N–H and O–H groups in total. The van der Waals surface area contributed by atoms with Crippen molar-refractivity contribution >= 4 is 11.7 Å². The van der Waals surface area contributed by atoms with Crippen LogP contribution in [-0.4, -0.2) is 16.4 Å². The molecule has 0 saturated carbocycles. The summed E-state index contributed by atoms with van der Waals surface area (Å²) < 4.78 is 13.7. The Labute approximate surface area is 113 Å². The molecule has 0 aliphatic heterocycles. The highest BCUT2D eigenvalue weighted by Crippen LogP contribution is 2.27. The summed E-state index contributed by atoms with van der Waals surface area (Å²) in [5, 5.41) is 2.83. The second-order valence-corrected chi connectivity index (χ2v) is 6.63. The average molecular weight is 267 g/mol. The van der Waals surface area contributed by atoms with Gasteiger partial charge in [0.05, 0.1) is 5.56 Å². The average Bonchev–Trinajstić information content (AvgIpc) is 2.17. The zero-order valence-electron chi connectivity index (χ0n) is 12.2. The van der Waals surface area contributed by atoms with Gasteiger partial charge in [0, 0.05) is 11.7 Å². The van der Waals surface area contributed by atoms with Crippen LogP contribution < -0.4 is 11.1 Å². The molecule has 0 aliphatic rings. The summed E-state index contributed by atoms with van der Waals surface area (Å²) in [6.45, 7) is 10.1. The Kier molecular flexibility index (Phi) is 4.18. The van der Waals surface area contributed by atoms with E-state index in [1.807, 2.05) is 13.8 Å². The summed E-state index contributed by atoms with van der Waals surface area (Å²) in [6.07, 6.45) is 2.10. The number of nitrogens with one attached hydrogen (secondary N) is 1. The molecule has 19 heavy (non-hydrogen) atoms. The smallest absolute Gasteiger partial charge is 0.254 e. The Morgan fingerprint density at radius 1 is 1.37 bits per heavy atom. The largest absolute Gasteiger partial charge is 0.381 e. The van der Waals surface area contributed by atoms with Crippen molar-refractivity contribution < 1.29 is 9.18 Å². The lowest BCUT2D eigenvalue weighted by Crippen LogP contribution is -2.46. The number of amides is 1. The molecule has 0 radical (unpaired) electrons. The molecule has 0 aliphatic carbocycles. The van der Waals surface area contributed by atoms with Crippen molar-refractivity contribution in [3.63, 3.8) is 0 Å². The number of hydrogen-bond donors (Lipinski definition) is 2. The Morgan fingerprint density at radius 2 is 1.95 bits per heavy atom. The summed E-state index contributed by atoms with van der Waals surface area (Å²) in [4.78, 5) is 15.7. The lowest BCUT2D eigenvalue weighted by Gasteiger charge is -2.33. The molecule has 0 aromatic carbocycles. The summed E-state index contributed by atoms with van der Waals surface area (Å²) >= 11 is 0. The van der Waals surface area contributed by atoms with E-state index in [9.17, 15) is 9.18 Å². The molecule has 0 atom stereocenters. The van der Waals surface area contributed by atoms with Crippen molar-refractivity contribution in [1.82, 2.24) is 10.3 Å².